The summed E-state index contributed by atoms with van der Waals surface area (Å²) >= 11 is 0. The summed E-state index contributed by atoms with van der Waals surface area (Å²) in [5.74, 6) is -0.464. The van der Waals surface area contributed by atoms with Gasteiger partial charge in [-0.1, -0.05) is 6.07 Å². The highest BCUT2D eigenvalue weighted by Gasteiger charge is 2.38. The molecule has 0 radical (unpaired) electrons. The normalized spacial score (nSPS) is 15.5. The minimum Gasteiger partial charge on any atom is -0.508 e. The molecule has 0 aromatic heterocycles. The van der Waals surface area contributed by atoms with E-state index in [0.29, 0.717) is 34.1 Å². The van der Waals surface area contributed by atoms with Gasteiger partial charge >= 0.3 is 11.9 Å². The Morgan fingerprint density at radius 2 is 1.74 bits per heavy atom. The Morgan fingerprint density at radius 1 is 1.00 bits per heavy atom. The Hall–Kier alpha value is -3.88. The standard InChI is InChI=1S/C22H20O9/c1-11(23)31-17-8-19-18(29-10-30-19)7-14(17)20(21-15(24)9-28-22(21)25)13-5-4-12(26-2)6-16(13)27-3/h4-8,20,24H,9-10H2,1-3H3/t20-/m1/s1. The number of carbonyl (C=O) groups is 2. The Labute approximate surface area is 177 Å². The predicted octanol–water partition coefficient (Wildman–Crippen LogP) is 2.86. The van der Waals surface area contributed by atoms with Crippen LogP contribution in [0.1, 0.15) is 24.0 Å². The third-order valence-electron chi connectivity index (χ3n) is 4.98. The van der Waals surface area contributed by atoms with Crippen molar-refractivity contribution in [3.8, 4) is 28.7 Å². The topological polar surface area (TPSA) is 110 Å². The van der Waals surface area contributed by atoms with Crippen LogP contribution < -0.4 is 23.7 Å². The molecule has 0 aliphatic carbocycles. The molecule has 0 spiro atoms. The first-order valence-electron chi connectivity index (χ1n) is 9.36. The summed E-state index contributed by atoms with van der Waals surface area (Å²) in [6.07, 6.45) is 0. The summed E-state index contributed by atoms with van der Waals surface area (Å²) in [7, 11) is 2.99. The lowest BCUT2D eigenvalue weighted by Gasteiger charge is -2.23. The van der Waals surface area contributed by atoms with Gasteiger partial charge in [0.2, 0.25) is 6.79 Å². The number of hydrogen-bond acceptors (Lipinski definition) is 9. The second-order valence-corrected chi connectivity index (χ2v) is 6.81. The zero-order valence-corrected chi connectivity index (χ0v) is 17.1. The molecule has 2 aliphatic rings. The number of esters is 2. The maximum absolute atomic E-state index is 12.6. The van der Waals surface area contributed by atoms with Crippen LogP contribution in [0.25, 0.3) is 0 Å². The van der Waals surface area contributed by atoms with Crippen LogP contribution in [0, 0.1) is 0 Å². The molecule has 2 aliphatic heterocycles. The first-order valence-corrected chi connectivity index (χ1v) is 9.36. The number of aliphatic hydroxyl groups is 1. The van der Waals surface area contributed by atoms with E-state index in [1.807, 2.05) is 0 Å². The van der Waals surface area contributed by atoms with E-state index in [1.165, 1.54) is 27.2 Å². The van der Waals surface area contributed by atoms with E-state index >= 15 is 0 Å². The summed E-state index contributed by atoms with van der Waals surface area (Å²) in [6, 6.07) is 8.18. The smallest absolute Gasteiger partial charge is 0.338 e. The van der Waals surface area contributed by atoms with E-state index in [9.17, 15) is 14.7 Å². The van der Waals surface area contributed by atoms with E-state index in [0.717, 1.165) is 0 Å². The average molecular weight is 428 g/mol. The Morgan fingerprint density at radius 3 is 2.35 bits per heavy atom. The quantitative estimate of drug-likeness (QED) is 0.548. The molecule has 2 aromatic rings. The number of aliphatic hydroxyl groups excluding tert-OH is 1. The lowest BCUT2D eigenvalue weighted by molar-refractivity contribution is -0.136. The first-order chi connectivity index (χ1) is 14.9. The van der Waals surface area contributed by atoms with Gasteiger partial charge in [-0.25, -0.2) is 4.79 Å². The molecule has 1 atom stereocenters. The fourth-order valence-electron chi connectivity index (χ4n) is 3.64. The van der Waals surface area contributed by atoms with E-state index < -0.39 is 17.9 Å². The molecule has 4 rings (SSSR count). The molecule has 0 unspecified atom stereocenters. The average Bonchev–Trinajstić information content (AvgIpc) is 3.34. The molecule has 31 heavy (non-hydrogen) atoms. The van der Waals surface area contributed by atoms with Crippen molar-refractivity contribution in [2.45, 2.75) is 12.8 Å². The number of benzene rings is 2. The van der Waals surface area contributed by atoms with Crippen LogP contribution in [0.15, 0.2) is 41.7 Å². The number of ether oxygens (including phenoxy) is 6. The second kappa shape index (κ2) is 8.10. The largest absolute Gasteiger partial charge is 0.508 e. The van der Waals surface area contributed by atoms with Crippen molar-refractivity contribution >= 4 is 11.9 Å². The van der Waals surface area contributed by atoms with Gasteiger partial charge in [0.05, 0.1) is 25.7 Å². The Bertz CT molecular complexity index is 1090. The van der Waals surface area contributed by atoms with Gasteiger partial charge in [0.25, 0.3) is 0 Å². The van der Waals surface area contributed by atoms with Crippen LogP contribution in [0.4, 0.5) is 0 Å². The highest BCUT2D eigenvalue weighted by molar-refractivity contribution is 5.94. The maximum atomic E-state index is 12.6. The number of rotatable bonds is 6. The van der Waals surface area contributed by atoms with Crippen molar-refractivity contribution in [3.63, 3.8) is 0 Å². The molecule has 162 valence electrons. The summed E-state index contributed by atoms with van der Waals surface area (Å²) in [6.45, 7) is 1.01. The van der Waals surface area contributed by atoms with E-state index in [2.05, 4.69) is 0 Å². The van der Waals surface area contributed by atoms with Gasteiger partial charge < -0.3 is 33.5 Å². The van der Waals surface area contributed by atoms with Crippen molar-refractivity contribution in [2.24, 2.45) is 0 Å². The van der Waals surface area contributed by atoms with Gasteiger partial charge in [-0.2, -0.15) is 0 Å². The third-order valence-corrected chi connectivity index (χ3v) is 4.98. The summed E-state index contributed by atoms with van der Waals surface area (Å²) < 4.78 is 32.1. The second-order valence-electron chi connectivity index (χ2n) is 6.81. The van der Waals surface area contributed by atoms with Crippen LogP contribution >= 0.6 is 0 Å². The van der Waals surface area contributed by atoms with Crippen LogP contribution in [0.3, 0.4) is 0 Å². The summed E-state index contributed by atoms with van der Waals surface area (Å²) in [5, 5.41) is 10.5. The first kappa shape index (κ1) is 20.4. The number of carbonyl (C=O) groups excluding carboxylic acids is 2. The van der Waals surface area contributed by atoms with E-state index in [4.69, 9.17) is 28.4 Å². The highest BCUT2D eigenvalue weighted by atomic mass is 16.7. The van der Waals surface area contributed by atoms with Crippen LogP contribution in [-0.2, 0) is 14.3 Å². The zero-order chi connectivity index (χ0) is 22.1. The predicted molar refractivity (Wildman–Crippen MR) is 106 cm³/mol. The van der Waals surface area contributed by atoms with Crippen molar-refractivity contribution in [1.82, 2.24) is 0 Å². The van der Waals surface area contributed by atoms with Gasteiger partial charge in [-0.05, 0) is 12.1 Å². The molecule has 2 aromatic carbocycles. The zero-order valence-electron chi connectivity index (χ0n) is 17.1. The van der Waals surface area contributed by atoms with Gasteiger partial charge in [0, 0.05) is 30.2 Å². The number of hydrogen-bond donors (Lipinski definition) is 1. The lowest BCUT2D eigenvalue weighted by Crippen LogP contribution is -2.15. The van der Waals surface area contributed by atoms with Gasteiger partial charge in [0.15, 0.2) is 11.5 Å². The molecular weight excluding hydrogens is 408 g/mol. The monoisotopic (exact) mass is 428 g/mol. The summed E-state index contributed by atoms with van der Waals surface area (Å²) in [5.41, 5.74) is 0.926. The molecule has 0 saturated heterocycles. The van der Waals surface area contributed by atoms with Crippen molar-refractivity contribution < 1.29 is 43.1 Å². The lowest BCUT2D eigenvalue weighted by atomic mass is 9.83. The van der Waals surface area contributed by atoms with Crippen molar-refractivity contribution in [1.29, 1.82) is 0 Å². The van der Waals surface area contributed by atoms with E-state index in [1.54, 1.807) is 24.3 Å². The molecule has 9 nitrogen and oxygen atoms in total. The SMILES string of the molecule is COc1ccc([C@@H](C2=C(O)COC2=O)c2cc3c(cc2OC(C)=O)OCO3)c(OC)c1. The molecule has 1 N–H and O–H groups in total. The minimum atomic E-state index is -0.889. The molecule has 0 fully saturated rings. The van der Waals surface area contributed by atoms with Crippen LogP contribution in [-0.4, -0.2) is 44.7 Å². The minimum absolute atomic E-state index is 0.00477. The van der Waals surface area contributed by atoms with Crippen molar-refractivity contribution in [2.75, 3.05) is 27.6 Å². The fraction of sp³-hybridized carbons (Fsp3) is 0.273. The number of methoxy groups -OCH3 is 2. The van der Waals surface area contributed by atoms with Crippen LogP contribution in [0.5, 0.6) is 28.7 Å². The molecule has 0 amide bonds. The van der Waals surface area contributed by atoms with Gasteiger partial charge in [-0.15, -0.1) is 0 Å². The van der Waals surface area contributed by atoms with Crippen LogP contribution in [0.2, 0.25) is 0 Å². The fourth-order valence-corrected chi connectivity index (χ4v) is 3.64. The van der Waals surface area contributed by atoms with Gasteiger partial charge in [0.1, 0.15) is 29.6 Å². The highest BCUT2D eigenvalue weighted by Crippen LogP contribution is 2.48. The summed E-state index contributed by atoms with van der Waals surface area (Å²) in [4.78, 5) is 24.4. The van der Waals surface area contributed by atoms with Gasteiger partial charge in [-0.3, -0.25) is 4.79 Å². The molecule has 2 heterocycles. The third kappa shape index (κ3) is 3.70. The van der Waals surface area contributed by atoms with Crippen molar-refractivity contribution in [3.05, 3.63) is 52.8 Å². The number of cyclic esters (lactones) is 1. The molecule has 0 bridgehead atoms. The number of fused-ring (bicyclic) bond motifs is 1. The Balaban J connectivity index is 1.98. The van der Waals surface area contributed by atoms with E-state index in [-0.39, 0.29) is 30.5 Å². The molecule has 0 saturated carbocycles. The maximum Gasteiger partial charge on any atom is 0.338 e. The molecule has 9 heteroatoms. The Kier molecular flexibility index (Phi) is 5.33. The molecular formula is C22H20O9.